The van der Waals surface area contributed by atoms with Gasteiger partial charge >= 0.3 is 0 Å². The number of benzene rings is 2. The minimum absolute atomic E-state index is 0.0610. The maximum absolute atomic E-state index is 13.3. The van der Waals surface area contributed by atoms with E-state index < -0.39 is 31.9 Å². The summed E-state index contributed by atoms with van der Waals surface area (Å²) in [7, 11) is -6.34. The zero-order valence-corrected chi connectivity index (χ0v) is 14.7. The second kappa shape index (κ2) is 6.60. The number of nitrogens with two attached hydrogens (primary N) is 1. The lowest BCUT2D eigenvalue weighted by Gasteiger charge is -2.24. The Kier molecular flexibility index (Phi) is 5.09. The number of hydrogen-bond acceptors (Lipinski definition) is 4. The van der Waals surface area contributed by atoms with Crippen LogP contribution in [-0.4, -0.2) is 28.2 Å². The van der Waals surface area contributed by atoms with E-state index in [1.165, 1.54) is 43.4 Å². The van der Waals surface area contributed by atoms with Crippen LogP contribution in [0.2, 0.25) is 0 Å². The van der Waals surface area contributed by atoms with Crippen molar-refractivity contribution in [2.75, 3.05) is 7.05 Å². The molecule has 0 heterocycles. The van der Waals surface area contributed by atoms with Gasteiger partial charge in [0.05, 0.1) is 9.79 Å². The van der Waals surface area contributed by atoms with Gasteiger partial charge in [0, 0.05) is 13.1 Å². The van der Waals surface area contributed by atoms with Gasteiger partial charge in [0.1, 0.15) is 5.82 Å². The van der Waals surface area contributed by atoms with E-state index in [0.29, 0.717) is 5.56 Å². The molecular weight excluding hydrogens is 355 g/mol. The van der Waals surface area contributed by atoms with Crippen LogP contribution >= 0.6 is 0 Å². The molecule has 2 aromatic rings. The molecule has 9 heteroatoms. The van der Waals surface area contributed by atoms with Crippen molar-refractivity contribution >= 4 is 20.0 Å². The van der Waals surface area contributed by atoms with Crippen molar-refractivity contribution in [1.29, 1.82) is 0 Å². The highest BCUT2D eigenvalue weighted by Gasteiger charge is 2.26. The molecule has 130 valence electrons. The smallest absolute Gasteiger partial charge is 0.225 e. The van der Waals surface area contributed by atoms with Crippen molar-refractivity contribution in [2.24, 2.45) is 5.14 Å². The van der Waals surface area contributed by atoms with Crippen LogP contribution in [0.1, 0.15) is 18.5 Å². The molecule has 0 aliphatic heterocycles. The summed E-state index contributed by atoms with van der Waals surface area (Å²) < 4.78 is 62.0. The zero-order valence-electron chi connectivity index (χ0n) is 13.0. The summed E-state index contributed by atoms with van der Waals surface area (Å²) in [6.07, 6.45) is 0. The molecule has 2 rings (SSSR count). The molecule has 0 radical (unpaired) electrons. The first-order chi connectivity index (χ1) is 11.0. The first kappa shape index (κ1) is 18.5. The summed E-state index contributed by atoms with van der Waals surface area (Å²) in [6, 6.07) is 9.75. The third kappa shape index (κ3) is 3.81. The van der Waals surface area contributed by atoms with Crippen molar-refractivity contribution in [3.05, 3.63) is 59.9 Å². The third-order valence-electron chi connectivity index (χ3n) is 3.71. The lowest BCUT2D eigenvalue weighted by molar-refractivity contribution is 0.398. The lowest BCUT2D eigenvalue weighted by Crippen LogP contribution is -2.30. The Balaban J connectivity index is 2.33. The van der Waals surface area contributed by atoms with Gasteiger partial charge in [-0.2, -0.15) is 4.31 Å². The number of rotatable bonds is 5. The van der Waals surface area contributed by atoms with Crippen LogP contribution in [0.15, 0.2) is 58.3 Å². The van der Waals surface area contributed by atoms with Gasteiger partial charge in [-0.1, -0.05) is 18.2 Å². The molecule has 0 fully saturated rings. The minimum atomic E-state index is -3.90. The maximum atomic E-state index is 13.3. The van der Waals surface area contributed by atoms with Crippen molar-refractivity contribution in [3.8, 4) is 0 Å². The molecule has 0 spiro atoms. The van der Waals surface area contributed by atoms with Crippen LogP contribution in [0, 0.1) is 5.82 Å². The Hall–Kier alpha value is -1.81. The topological polar surface area (TPSA) is 97.5 Å². The van der Waals surface area contributed by atoms with E-state index in [-0.39, 0.29) is 9.79 Å². The molecule has 6 nitrogen and oxygen atoms in total. The van der Waals surface area contributed by atoms with E-state index in [2.05, 4.69) is 0 Å². The second-order valence-electron chi connectivity index (χ2n) is 5.27. The van der Waals surface area contributed by atoms with Crippen LogP contribution in [0.4, 0.5) is 4.39 Å². The van der Waals surface area contributed by atoms with E-state index in [4.69, 9.17) is 5.14 Å². The predicted molar refractivity (Wildman–Crippen MR) is 87.6 cm³/mol. The summed E-state index contributed by atoms with van der Waals surface area (Å²) in [6.45, 7) is 1.64. The predicted octanol–water partition coefficient (Wildman–Crippen LogP) is 1.85. The fourth-order valence-corrected chi connectivity index (χ4v) is 4.05. The molecule has 0 aromatic heterocycles. The normalized spacial score (nSPS) is 13.9. The number of sulfonamides is 2. The van der Waals surface area contributed by atoms with E-state index in [1.54, 1.807) is 6.92 Å². The number of nitrogens with zero attached hydrogens (tertiary/aromatic N) is 1. The van der Waals surface area contributed by atoms with Crippen LogP contribution in [0.25, 0.3) is 0 Å². The van der Waals surface area contributed by atoms with Crippen molar-refractivity contribution in [1.82, 2.24) is 4.31 Å². The summed E-state index contributed by atoms with van der Waals surface area (Å²) in [4.78, 5) is -0.216. The van der Waals surface area contributed by atoms with Crippen molar-refractivity contribution in [3.63, 3.8) is 0 Å². The van der Waals surface area contributed by atoms with E-state index in [1.807, 2.05) is 0 Å². The Labute approximate surface area is 140 Å². The summed E-state index contributed by atoms with van der Waals surface area (Å²) in [5.74, 6) is -0.644. The number of hydrogen-bond donors (Lipinski definition) is 1. The molecule has 2 N–H and O–H groups in total. The maximum Gasteiger partial charge on any atom is 0.243 e. The third-order valence-corrected chi connectivity index (χ3v) is 6.56. The molecule has 2 aromatic carbocycles. The average Bonchev–Trinajstić information content (AvgIpc) is 2.52. The molecule has 0 saturated carbocycles. The van der Waals surface area contributed by atoms with E-state index in [0.717, 1.165) is 16.4 Å². The summed E-state index contributed by atoms with van der Waals surface area (Å²) in [5, 5.41) is 5.03. The molecule has 1 unspecified atom stereocenters. The first-order valence-electron chi connectivity index (χ1n) is 6.90. The van der Waals surface area contributed by atoms with Crippen molar-refractivity contribution < 1.29 is 21.2 Å². The quantitative estimate of drug-likeness (QED) is 0.866. The molecule has 0 aliphatic carbocycles. The van der Waals surface area contributed by atoms with E-state index >= 15 is 0 Å². The molecule has 0 aliphatic rings. The largest absolute Gasteiger partial charge is 0.243 e. The van der Waals surface area contributed by atoms with Gasteiger partial charge in [0.25, 0.3) is 0 Å². The standard InChI is InChI=1S/C15H17FN2O4S2/c1-11(12-6-8-14(9-7-12)23(17,19)20)18(2)24(21,22)15-5-3-4-13(16)10-15/h3-11H,1-2H3,(H2,17,19,20). The van der Waals surface area contributed by atoms with Gasteiger partial charge in [-0.05, 0) is 42.8 Å². The molecule has 0 bridgehead atoms. The van der Waals surface area contributed by atoms with Gasteiger partial charge in [-0.3, -0.25) is 0 Å². The van der Waals surface area contributed by atoms with Crippen molar-refractivity contribution in [2.45, 2.75) is 22.8 Å². The second-order valence-corrected chi connectivity index (χ2v) is 8.83. The van der Waals surface area contributed by atoms with Gasteiger partial charge in [-0.25, -0.2) is 26.4 Å². The van der Waals surface area contributed by atoms with Crippen LogP contribution in [0.3, 0.4) is 0 Å². The summed E-state index contributed by atoms with van der Waals surface area (Å²) in [5.41, 5.74) is 0.574. The van der Waals surface area contributed by atoms with Gasteiger partial charge in [0.2, 0.25) is 20.0 Å². The van der Waals surface area contributed by atoms with Gasteiger partial charge in [-0.15, -0.1) is 0 Å². The number of primary sulfonamides is 1. The van der Waals surface area contributed by atoms with Crippen LogP contribution in [0.5, 0.6) is 0 Å². The molecule has 1 atom stereocenters. The first-order valence-corrected chi connectivity index (χ1v) is 9.88. The fourth-order valence-electron chi connectivity index (χ4n) is 2.15. The Morgan fingerprint density at radius 1 is 1.00 bits per heavy atom. The summed E-state index contributed by atoms with van der Waals surface area (Å²) >= 11 is 0. The molecule has 0 saturated heterocycles. The van der Waals surface area contributed by atoms with Crippen LogP contribution < -0.4 is 5.14 Å². The zero-order chi connectivity index (χ0) is 18.1. The molecule has 0 amide bonds. The Bertz CT molecular complexity index is 942. The SMILES string of the molecule is CC(c1ccc(S(N)(=O)=O)cc1)N(C)S(=O)(=O)c1cccc(F)c1. The highest BCUT2D eigenvalue weighted by molar-refractivity contribution is 7.89. The number of halogens is 1. The highest BCUT2D eigenvalue weighted by Crippen LogP contribution is 2.26. The Morgan fingerprint density at radius 2 is 1.58 bits per heavy atom. The van der Waals surface area contributed by atoms with Gasteiger partial charge in [0.15, 0.2) is 0 Å². The van der Waals surface area contributed by atoms with Gasteiger partial charge < -0.3 is 0 Å². The molecular formula is C15H17FN2O4S2. The Morgan fingerprint density at radius 3 is 2.08 bits per heavy atom. The average molecular weight is 372 g/mol. The van der Waals surface area contributed by atoms with E-state index in [9.17, 15) is 21.2 Å². The fraction of sp³-hybridized carbons (Fsp3) is 0.200. The highest BCUT2D eigenvalue weighted by atomic mass is 32.2. The monoisotopic (exact) mass is 372 g/mol. The minimum Gasteiger partial charge on any atom is -0.225 e. The molecule has 24 heavy (non-hydrogen) atoms. The lowest BCUT2D eigenvalue weighted by atomic mass is 10.1. The van der Waals surface area contributed by atoms with Crippen LogP contribution in [-0.2, 0) is 20.0 Å².